The van der Waals surface area contributed by atoms with Gasteiger partial charge in [0.1, 0.15) is 11.4 Å². The van der Waals surface area contributed by atoms with Crippen LogP contribution in [0.1, 0.15) is 35.7 Å². The summed E-state index contributed by atoms with van der Waals surface area (Å²) in [5.41, 5.74) is 4.40. The number of carbonyl (C=O) groups excluding carboxylic acids is 2. The third-order valence-corrected chi connectivity index (χ3v) is 6.68. The number of hydrogen-bond acceptors (Lipinski definition) is 7. The van der Waals surface area contributed by atoms with Crippen molar-refractivity contribution in [2.75, 3.05) is 11.4 Å². The molecule has 2 aromatic carbocycles. The standard InChI is InChI=1S/C30H25N3O5/c1-2-24(29(34)33-15-5-9-19-8-3-4-10-23(19)33)38-30(35)20-13-14-21-22(18-20)32-28(26-12-7-17-37-26)27(31-21)25-11-6-16-36-25/h3-4,6-8,10-14,16-18,24H,2,5,9,15H2,1H3. The highest BCUT2D eigenvalue weighted by molar-refractivity contribution is 6.01. The molecule has 38 heavy (non-hydrogen) atoms. The zero-order chi connectivity index (χ0) is 26.1. The lowest BCUT2D eigenvalue weighted by atomic mass is 10.0. The Morgan fingerprint density at radius 2 is 1.63 bits per heavy atom. The first-order valence-electron chi connectivity index (χ1n) is 12.6. The van der Waals surface area contributed by atoms with Crippen molar-refractivity contribution in [1.29, 1.82) is 0 Å². The summed E-state index contributed by atoms with van der Waals surface area (Å²) in [7, 11) is 0. The highest BCUT2D eigenvalue weighted by atomic mass is 16.5. The molecule has 0 bridgehead atoms. The maximum Gasteiger partial charge on any atom is 0.338 e. The fourth-order valence-corrected chi connectivity index (χ4v) is 4.79. The first-order valence-corrected chi connectivity index (χ1v) is 12.6. The summed E-state index contributed by atoms with van der Waals surface area (Å²) in [6, 6.07) is 20.0. The highest BCUT2D eigenvalue weighted by Gasteiger charge is 2.30. The first kappa shape index (κ1) is 23.7. The van der Waals surface area contributed by atoms with Gasteiger partial charge in [0.25, 0.3) is 5.91 Å². The van der Waals surface area contributed by atoms with Crippen LogP contribution in [-0.4, -0.2) is 34.5 Å². The van der Waals surface area contributed by atoms with Crippen molar-refractivity contribution >= 4 is 28.6 Å². The van der Waals surface area contributed by atoms with Crippen molar-refractivity contribution in [3.63, 3.8) is 0 Å². The van der Waals surface area contributed by atoms with Gasteiger partial charge in [-0.3, -0.25) is 4.79 Å². The monoisotopic (exact) mass is 507 g/mol. The van der Waals surface area contributed by atoms with Crippen molar-refractivity contribution in [1.82, 2.24) is 9.97 Å². The normalized spacial score (nSPS) is 13.8. The Morgan fingerprint density at radius 1 is 0.921 bits per heavy atom. The average molecular weight is 508 g/mol. The van der Waals surface area contributed by atoms with E-state index in [1.54, 1.807) is 59.9 Å². The minimum atomic E-state index is -0.893. The largest absolute Gasteiger partial charge is 0.463 e. The SMILES string of the molecule is CCC(OC(=O)c1ccc2nc(-c3ccco3)c(-c3ccco3)nc2c1)C(=O)N1CCCc2ccccc21. The van der Waals surface area contributed by atoms with Crippen molar-refractivity contribution in [2.24, 2.45) is 0 Å². The molecule has 0 aliphatic carbocycles. The Balaban J connectivity index is 1.29. The number of anilines is 1. The Kier molecular flexibility index (Phi) is 6.21. The summed E-state index contributed by atoms with van der Waals surface area (Å²) in [5.74, 6) is 0.278. The van der Waals surface area contributed by atoms with Gasteiger partial charge in [-0.1, -0.05) is 25.1 Å². The second-order valence-electron chi connectivity index (χ2n) is 9.10. The van der Waals surface area contributed by atoms with Gasteiger partial charge in [0.05, 0.1) is 29.1 Å². The minimum Gasteiger partial charge on any atom is -0.463 e. The topological polar surface area (TPSA) is 98.7 Å². The number of furan rings is 2. The minimum absolute atomic E-state index is 0.211. The van der Waals surface area contributed by atoms with Crippen LogP contribution in [0.2, 0.25) is 0 Å². The fraction of sp³-hybridized carbons (Fsp3) is 0.200. The summed E-state index contributed by atoms with van der Waals surface area (Å²) in [4.78, 5) is 37.8. The molecule has 0 saturated carbocycles. The second-order valence-corrected chi connectivity index (χ2v) is 9.10. The van der Waals surface area contributed by atoms with E-state index >= 15 is 0 Å². The molecule has 0 radical (unpaired) electrons. The molecule has 190 valence electrons. The number of aromatic nitrogens is 2. The van der Waals surface area contributed by atoms with Gasteiger partial charge in [-0.25, -0.2) is 14.8 Å². The molecule has 0 spiro atoms. The summed E-state index contributed by atoms with van der Waals surface area (Å²) < 4.78 is 16.9. The lowest BCUT2D eigenvalue weighted by Crippen LogP contribution is -2.43. The van der Waals surface area contributed by atoms with Gasteiger partial charge in [-0.2, -0.15) is 0 Å². The van der Waals surface area contributed by atoms with E-state index in [0.29, 0.717) is 46.9 Å². The van der Waals surface area contributed by atoms with Gasteiger partial charge in [-0.05, 0) is 73.4 Å². The Bertz CT molecular complexity index is 1610. The smallest absolute Gasteiger partial charge is 0.338 e. The Labute approximate surface area is 218 Å². The maximum absolute atomic E-state index is 13.4. The quantitative estimate of drug-likeness (QED) is 0.257. The Morgan fingerprint density at radius 3 is 2.32 bits per heavy atom. The molecular formula is C30H25N3O5. The van der Waals surface area contributed by atoms with Crippen LogP contribution in [0.25, 0.3) is 33.9 Å². The van der Waals surface area contributed by atoms with E-state index in [1.165, 1.54) is 0 Å². The average Bonchev–Trinajstić information content (AvgIpc) is 3.69. The first-order chi connectivity index (χ1) is 18.6. The molecule has 5 aromatic rings. The lowest BCUT2D eigenvalue weighted by molar-refractivity contribution is -0.127. The molecule has 0 saturated heterocycles. The van der Waals surface area contributed by atoms with E-state index in [-0.39, 0.29) is 11.5 Å². The van der Waals surface area contributed by atoms with Gasteiger partial charge in [0.2, 0.25) is 0 Å². The zero-order valence-electron chi connectivity index (χ0n) is 20.8. The second kappa shape index (κ2) is 9.97. The number of aryl methyl sites for hydroxylation is 1. The number of nitrogens with zero attached hydrogens (tertiary/aromatic N) is 3. The van der Waals surface area contributed by atoms with Crippen molar-refractivity contribution in [3.8, 4) is 22.9 Å². The number of amides is 1. The third-order valence-electron chi connectivity index (χ3n) is 6.68. The molecule has 8 nitrogen and oxygen atoms in total. The van der Waals surface area contributed by atoms with Gasteiger partial charge in [0.15, 0.2) is 17.6 Å². The van der Waals surface area contributed by atoms with Crippen LogP contribution in [0.4, 0.5) is 5.69 Å². The van der Waals surface area contributed by atoms with E-state index < -0.39 is 12.1 Å². The van der Waals surface area contributed by atoms with Crippen LogP contribution in [0.3, 0.4) is 0 Å². The lowest BCUT2D eigenvalue weighted by Gasteiger charge is -2.31. The van der Waals surface area contributed by atoms with E-state index in [9.17, 15) is 9.59 Å². The zero-order valence-corrected chi connectivity index (χ0v) is 20.8. The molecule has 4 heterocycles. The van der Waals surface area contributed by atoms with Gasteiger partial charge in [0, 0.05) is 12.2 Å². The number of esters is 1. The number of hydrogen-bond donors (Lipinski definition) is 0. The molecule has 0 N–H and O–H groups in total. The summed E-state index contributed by atoms with van der Waals surface area (Å²) in [6.45, 7) is 2.44. The number of rotatable bonds is 6. The van der Waals surface area contributed by atoms with Gasteiger partial charge < -0.3 is 18.5 Å². The van der Waals surface area contributed by atoms with E-state index in [1.807, 2.05) is 31.2 Å². The molecule has 3 aromatic heterocycles. The summed E-state index contributed by atoms with van der Waals surface area (Å²) in [5, 5.41) is 0. The molecule has 1 aliphatic heterocycles. The predicted molar refractivity (Wildman–Crippen MR) is 142 cm³/mol. The molecule has 1 atom stereocenters. The van der Waals surface area contributed by atoms with Crippen LogP contribution in [0, 0.1) is 0 Å². The molecule has 1 unspecified atom stereocenters. The molecule has 8 heteroatoms. The number of fused-ring (bicyclic) bond motifs is 2. The predicted octanol–water partition coefficient (Wildman–Crippen LogP) is 6.06. The van der Waals surface area contributed by atoms with E-state index in [2.05, 4.69) is 0 Å². The Hall–Kier alpha value is -4.72. The van der Waals surface area contributed by atoms with Crippen molar-refractivity contribution < 1.29 is 23.2 Å². The fourth-order valence-electron chi connectivity index (χ4n) is 4.79. The van der Waals surface area contributed by atoms with Crippen LogP contribution in [-0.2, 0) is 16.0 Å². The van der Waals surface area contributed by atoms with Crippen LogP contribution in [0.5, 0.6) is 0 Å². The summed E-state index contributed by atoms with van der Waals surface area (Å²) in [6.07, 6.45) is 4.40. The van der Waals surface area contributed by atoms with Gasteiger partial charge in [-0.15, -0.1) is 0 Å². The van der Waals surface area contributed by atoms with Crippen LogP contribution >= 0.6 is 0 Å². The van der Waals surface area contributed by atoms with Crippen LogP contribution in [0.15, 0.2) is 88.1 Å². The van der Waals surface area contributed by atoms with E-state index in [0.717, 1.165) is 24.1 Å². The molecule has 6 rings (SSSR count). The molecular weight excluding hydrogens is 482 g/mol. The van der Waals surface area contributed by atoms with E-state index in [4.69, 9.17) is 23.5 Å². The van der Waals surface area contributed by atoms with Crippen molar-refractivity contribution in [3.05, 3.63) is 90.4 Å². The van der Waals surface area contributed by atoms with Crippen LogP contribution < -0.4 is 4.90 Å². The number of benzene rings is 2. The molecule has 1 aliphatic rings. The number of para-hydroxylation sites is 1. The maximum atomic E-state index is 13.4. The molecule has 0 fully saturated rings. The third kappa shape index (κ3) is 4.34. The van der Waals surface area contributed by atoms with Crippen molar-refractivity contribution in [2.45, 2.75) is 32.3 Å². The summed E-state index contributed by atoms with van der Waals surface area (Å²) >= 11 is 0. The number of ether oxygens (including phenoxy) is 1. The molecule has 1 amide bonds. The highest BCUT2D eigenvalue weighted by Crippen LogP contribution is 2.32. The number of carbonyl (C=O) groups is 2. The van der Waals surface area contributed by atoms with Gasteiger partial charge >= 0.3 is 5.97 Å².